The van der Waals surface area contributed by atoms with Gasteiger partial charge in [0, 0.05) is 6.54 Å². The van der Waals surface area contributed by atoms with E-state index >= 15 is 0 Å². The Morgan fingerprint density at radius 1 is 1.53 bits per heavy atom. The highest BCUT2D eigenvalue weighted by atomic mass is 16.5. The molecular weight excluding hydrogens is 248 g/mol. The van der Waals surface area contributed by atoms with Crippen LogP contribution in [0.3, 0.4) is 0 Å². The Kier molecular flexibility index (Phi) is 2.87. The number of aromatic carboxylic acids is 1. The Morgan fingerprint density at radius 2 is 2.37 bits per heavy atom. The molecule has 6 nitrogen and oxygen atoms in total. The van der Waals surface area contributed by atoms with Crippen LogP contribution in [0.15, 0.2) is 22.6 Å². The molecule has 1 aromatic heterocycles. The second kappa shape index (κ2) is 4.55. The van der Waals surface area contributed by atoms with E-state index in [9.17, 15) is 4.79 Å². The topological polar surface area (TPSA) is 75.8 Å². The highest BCUT2D eigenvalue weighted by Crippen LogP contribution is 2.25. The first-order valence-corrected chi connectivity index (χ1v) is 6.13. The first kappa shape index (κ1) is 12.0. The van der Waals surface area contributed by atoms with E-state index in [4.69, 9.17) is 14.3 Å². The summed E-state index contributed by atoms with van der Waals surface area (Å²) in [5.74, 6) is -0.973. The van der Waals surface area contributed by atoms with Crippen LogP contribution in [0, 0.1) is 0 Å². The molecule has 100 valence electrons. The van der Waals surface area contributed by atoms with Gasteiger partial charge in [-0.15, -0.1) is 0 Å². The fourth-order valence-corrected chi connectivity index (χ4v) is 2.18. The number of benzene rings is 1. The minimum absolute atomic E-state index is 0.195. The molecule has 1 aromatic carbocycles. The number of oxazole rings is 1. The Morgan fingerprint density at radius 3 is 3.11 bits per heavy atom. The summed E-state index contributed by atoms with van der Waals surface area (Å²) in [4.78, 5) is 17.3. The van der Waals surface area contributed by atoms with Gasteiger partial charge >= 0.3 is 5.97 Å². The third kappa shape index (κ3) is 2.15. The monoisotopic (exact) mass is 262 g/mol. The van der Waals surface area contributed by atoms with Crippen molar-refractivity contribution in [1.82, 2.24) is 4.98 Å². The van der Waals surface area contributed by atoms with Crippen LogP contribution in [0.4, 0.5) is 6.01 Å². The molecular formula is C13H14N2O4. The molecule has 1 fully saturated rings. The molecule has 1 N–H and O–H groups in total. The number of nitrogens with zero attached hydrogens (tertiary/aromatic N) is 2. The van der Waals surface area contributed by atoms with Crippen LogP contribution in [0.1, 0.15) is 17.3 Å². The second-order valence-corrected chi connectivity index (χ2v) is 4.60. The molecule has 1 aliphatic heterocycles. The molecule has 1 unspecified atom stereocenters. The minimum Gasteiger partial charge on any atom is -0.478 e. The maximum absolute atomic E-state index is 10.9. The number of fused-ring (bicyclic) bond motifs is 1. The van der Waals surface area contributed by atoms with Gasteiger partial charge in [-0.1, -0.05) is 0 Å². The van der Waals surface area contributed by atoms with Crippen molar-refractivity contribution in [2.75, 3.05) is 24.7 Å². The number of carboxylic acid groups (broad SMARTS) is 1. The summed E-state index contributed by atoms with van der Waals surface area (Å²) in [5.41, 5.74) is 1.36. The van der Waals surface area contributed by atoms with Gasteiger partial charge in [0.2, 0.25) is 0 Å². The van der Waals surface area contributed by atoms with Gasteiger partial charge in [-0.25, -0.2) is 4.79 Å². The molecule has 1 atom stereocenters. The second-order valence-electron chi connectivity index (χ2n) is 4.60. The number of ether oxygens (including phenoxy) is 1. The zero-order chi connectivity index (χ0) is 13.4. The molecule has 6 heteroatoms. The van der Waals surface area contributed by atoms with Gasteiger partial charge in [0.1, 0.15) is 5.52 Å². The van der Waals surface area contributed by atoms with Gasteiger partial charge in [0.05, 0.1) is 24.8 Å². The number of morpholine rings is 1. The number of rotatable bonds is 2. The molecule has 0 radical (unpaired) electrons. The standard InChI is InChI=1S/C13H14N2O4/c1-8-7-18-5-4-15(8)13-14-10-3-2-9(12(16)17)6-11(10)19-13/h2-3,6,8H,4-5,7H2,1H3,(H,16,17). The van der Waals surface area contributed by atoms with E-state index in [2.05, 4.69) is 4.98 Å². The first-order chi connectivity index (χ1) is 9.15. The Labute approximate surface area is 109 Å². The van der Waals surface area contributed by atoms with Crippen LogP contribution in [0.25, 0.3) is 11.1 Å². The molecule has 2 heterocycles. The van der Waals surface area contributed by atoms with E-state index in [1.165, 1.54) is 12.1 Å². The third-order valence-electron chi connectivity index (χ3n) is 3.24. The Bertz CT molecular complexity index is 622. The summed E-state index contributed by atoms with van der Waals surface area (Å²) < 4.78 is 11.0. The highest BCUT2D eigenvalue weighted by Gasteiger charge is 2.23. The lowest BCUT2D eigenvalue weighted by Gasteiger charge is -2.31. The van der Waals surface area contributed by atoms with E-state index in [-0.39, 0.29) is 11.6 Å². The number of carboxylic acids is 1. The number of aromatic nitrogens is 1. The van der Waals surface area contributed by atoms with E-state index in [1.54, 1.807) is 6.07 Å². The minimum atomic E-state index is -0.973. The summed E-state index contributed by atoms with van der Waals surface area (Å²) in [6, 6.07) is 5.41. The predicted octanol–water partition coefficient (Wildman–Crippen LogP) is 1.75. The Hall–Kier alpha value is -2.08. The van der Waals surface area contributed by atoms with Crippen LogP contribution in [0.5, 0.6) is 0 Å². The van der Waals surface area contributed by atoms with Crippen molar-refractivity contribution in [3.8, 4) is 0 Å². The quantitative estimate of drug-likeness (QED) is 0.888. The van der Waals surface area contributed by atoms with Crippen LogP contribution in [0.2, 0.25) is 0 Å². The largest absolute Gasteiger partial charge is 0.478 e. The summed E-state index contributed by atoms with van der Waals surface area (Å²) in [6.45, 7) is 4.04. The third-order valence-corrected chi connectivity index (χ3v) is 3.24. The van der Waals surface area contributed by atoms with Crippen molar-refractivity contribution in [2.24, 2.45) is 0 Å². The summed E-state index contributed by atoms with van der Waals surface area (Å²) in [5, 5.41) is 8.95. The van der Waals surface area contributed by atoms with E-state index in [0.29, 0.717) is 30.3 Å². The SMILES string of the molecule is CC1COCCN1c1nc2ccc(C(=O)O)cc2o1. The number of hydrogen-bond acceptors (Lipinski definition) is 5. The predicted molar refractivity (Wildman–Crippen MR) is 68.6 cm³/mol. The molecule has 19 heavy (non-hydrogen) atoms. The molecule has 0 aliphatic carbocycles. The van der Waals surface area contributed by atoms with Crippen molar-refractivity contribution in [1.29, 1.82) is 0 Å². The summed E-state index contributed by atoms with van der Waals surface area (Å²) in [6.07, 6.45) is 0. The van der Waals surface area contributed by atoms with Gasteiger partial charge in [-0.3, -0.25) is 0 Å². The zero-order valence-electron chi connectivity index (χ0n) is 10.5. The van der Waals surface area contributed by atoms with Crippen LogP contribution in [-0.2, 0) is 4.74 Å². The average Bonchev–Trinajstić information content (AvgIpc) is 2.81. The molecule has 2 aromatic rings. The molecule has 0 amide bonds. The van der Waals surface area contributed by atoms with Crippen LogP contribution in [-0.4, -0.2) is 41.9 Å². The normalized spacial score (nSPS) is 19.8. The van der Waals surface area contributed by atoms with Crippen LogP contribution < -0.4 is 4.90 Å². The summed E-state index contributed by atoms with van der Waals surface area (Å²) >= 11 is 0. The molecule has 0 saturated carbocycles. The molecule has 1 saturated heterocycles. The maximum atomic E-state index is 10.9. The smallest absolute Gasteiger partial charge is 0.335 e. The lowest BCUT2D eigenvalue weighted by atomic mass is 10.2. The molecule has 0 bridgehead atoms. The average molecular weight is 262 g/mol. The number of carbonyl (C=O) groups is 1. The van der Waals surface area contributed by atoms with Crippen molar-refractivity contribution in [2.45, 2.75) is 13.0 Å². The lowest BCUT2D eigenvalue weighted by molar-refractivity contribution is 0.0697. The highest BCUT2D eigenvalue weighted by molar-refractivity contribution is 5.92. The molecule has 3 rings (SSSR count). The van der Waals surface area contributed by atoms with Gasteiger partial charge in [-0.2, -0.15) is 4.98 Å². The van der Waals surface area contributed by atoms with Gasteiger partial charge in [-0.05, 0) is 25.1 Å². The van der Waals surface area contributed by atoms with Crippen LogP contribution >= 0.6 is 0 Å². The Balaban J connectivity index is 1.99. The fourth-order valence-electron chi connectivity index (χ4n) is 2.18. The summed E-state index contributed by atoms with van der Waals surface area (Å²) in [7, 11) is 0. The maximum Gasteiger partial charge on any atom is 0.335 e. The number of anilines is 1. The van der Waals surface area contributed by atoms with E-state index in [1.807, 2.05) is 11.8 Å². The van der Waals surface area contributed by atoms with Gasteiger partial charge in [0.15, 0.2) is 5.58 Å². The van der Waals surface area contributed by atoms with Crippen molar-refractivity contribution in [3.05, 3.63) is 23.8 Å². The molecule has 1 aliphatic rings. The molecule has 0 spiro atoms. The van der Waals surface area contributed by atoms with Gasteiger partial charge < -0.3 is 19.2 Å². The van der Waals surface area contributed by atoms with Crippen molar-refractivity contribution >= 4 is 23.1 Å². The van der Waals surface area contributed by atoms with Crippen molar-refractivity contribution in [3.63, 3.8) is 0 Å². The fraction of sp³-hybridized carbons (Fsp3) is 0.385. The first-order valence-electron chi connectivity index (χ1n) is 6.13. The van der Waals surface area contributed by atoms with Crippen molar-refractivity contribution < 1.29 is 19.1 Å². The van der Waals surface area contributed by atoms with Gasteiger partial charge in [0.25, 0.3) is 6.01 Å². The van der Waals surface area contributed by atoms with E-state index in [0.717, 1.165) is 6.54 Å². The number of hydrogen-bond donors (Lipinski definition) is 1. The zero-order valence-corrected chi connectivity index (χ0v) is 10.5. The lowest BCUT2D eigenvalue weighted by Crippen LogP contribution is -2.43. The van der Waals surface area contributed by atoms with E-state index < -0.39 is 5.97 Å².